The first-order chi connectivity index (χ1) is 9.09. The Morgan fingerprint density at radius 2 is 2.16 bits per heavy atom. The summed E-state index contributed by atoms with van der Waals surface area (Å²) in [6, 6.07) is 0. The van der Waals surface area contributed by atoms with Gasteiger partial charge in [0.25, 0.3) is 0 Å². The number of nitrogens with zero attached hydrogens (tertiary/aromatic N) is 1. The molecule has 0 atom stereocenters. The summed E-state index contributed by atoms with van der Waals surface area (Å²) in [7, 11) is -3.28. The molecule has 0 saturated heterocycles. The largest absolute Gasteiger partial charge is 0.356 e. The van der Waals surface area contributed by atoms with E-state index in [9.17, 15) is 13.2 Å². The van der Waals surface area contributed by atoms with Crippen LogP contribution >= 0.6 is 11.3 Å². The van der Waals surface area contributed by atoms with E-state index in [0.717, 1.165) is 37.0 Å². The van der Waals surface area contributed by atoms with Gasteiger partial charge in [-0.25, -0.2) is 13.4 Å². The molecule has 0 radical (unpaired) electrons. The van der Waals surface area contributed by atoms with Crippen molar-refractivity contribution < 1.29 is 13.2 Å². The molecular weight excluding hydrogens is 284 g/mol. The highest BCUT2D eigenvalue weighted by atomic mass is 32.2. The first kappa shape index (κ1) is 14.5. The van der Waals surface area contributed by atoms with E-state index in [2.05, 4.69) is 10.3 Å². The molecule has 7 heteroatoms. The second-order valence-electron chi connectivity index (χ2n) is 4.74. The number of carbonyl (C=O) groups excluding carboxylic acids is 1. The van der Waals surface area contributed by atoms with Crippen molar-refractivity contribution in [3.8, 4) is 0 Å². The average molecular weight is 302 g/mol. The molecule has 1 aromatic heterocycles. The van der Waals surface area contributed by atoms with Crippen LogP contribution in [0.4, 0.5) is 0 Å². The molecule has 0 aliphatic heterocycles. The molecule has 0 bridgehead atoms. The SMILES string of the molecule is O=C(NCCCS(=O)(=O)c1nccs1)C1CCCC1. The van der Waals surface area contributed by atoms with Gasteiger partial charge in [-0.05, 0) is 19.3 Å². The van der Waals surface area contributed by atoms with Crippen molar-refractivity contribution in [1.29, 1.82) is 0 Å². The summed E-state index contributed by atoms with van der Waals surface area (Å²) in [5.41, 5.74) is 0. The third kappa shape index (κ3) is 4.01. The van der Waals surface area contributed by atoms with E-state index in [0.29, 0.717) is 13.0 Å². The first-order valence-electron chi connectivity index (χ1n) is 6.49. The molecule has 0 unspecified atom stereocenters. The molecule has 1 aromatic rings. The number of nitrogens with one attached hydrogen (secondary N) is 1. The second kappa shape index (κ2) is 6.47. The van der Waals surface area contributed by atoms with Crippen LogP contribution in [0, 0.1) is 5.92 Å². The third-order valence-corrected chi connectivity index (χ3v) is 6.37. The van der Waals surface area contributed by atoms with Crippen LogP contribution in [0.2, 0.25) is 0 Å². The monoisotopic (exact) mass is 302 g/mol. The van der Waals surface area contributed by atoms with Gasteiger partial charge in [-0.2, -0.15) is 0 Å². The normalized spacial score (nSPS) is 16.6. The molecule has 1 heterocycles. The Morgan fingerprint density at radius 3 is 2.79 bits per heavy atom. The molecule has 1 fully saturated rings. The number of amides is 1. The second-order valence-corrected chi connectivity index (χ2v) is 7.92. The topological polar surface area (TPSA) is 76.1 Å². The maximum atomic E-state index is 11.8. The number of hydrogen-bond acceptors (Lipinski definition) is 5. The lowest BCUT2D eigenvalue weighted by molar-refractivity contribution is -0.124. The van der Waals surface area contributed by atoms with E-state index in [1.54, 1.807) is 5.38 Å². The summed E-state index contributed by atoms with van der Waals surface area (Å²) in [5, 5.41) is 4.47. The smallest absolute Gasteiger partial charge is 0.223 e. The van der Waals surface area contributed by atoms with Crippen molar-refractivity contribution in [2.75, 3.05) is 12.3 Å². The van der Waals surface area contributed by atoms with E-state index in [4.69, 9.17) is 0 Å². The number of thiazole rings is 1. The Balaban J connectivity index is 1.70. The lowest BCUT2D eigenvalue weighted by Gasteiger charge is -2.09. The minimum Gasteiger partial charge on any atom is -0.356 e. The summed E-state index contributed by atoms with van der Waals surface area (Å²) in [5.74, 6) is 0.241. The first-order valence-corrected chi connectivity index (χ1v) is 9.03. The lowest BCUT2D eigenvalue weighted by Crippen LogP contribution is -2.30. The average Bonchev–Trinajstić information content (AvgIpc) is 3.04. The molecule has 1 N–H and O–H groups in total. The highest BCUT2D eigenvalue weighted by Gasteiger charge is 2.22. The standard InChI is InChI=1S/C12H18N2O3S2/c15-11(10-4-1-2-5-10)13-6-3-9-19(16,17)12-14-7-8-18-12/h7-8,10H,1-6,9H2,(H,13,15). The molecule has 1 amide bonds. The van der Waals surface area contributed by atoms with Crippen LogP contribution in [0.15, 0.2) is 15.9 Å². The van der Waals surface area contributed by atoms with Gasteiger partial charge in [0.2, 0.25) is 20.1 Å². The summed E-state index contributed by atoms with van der Waals surface area (Å²) >= 11 is 1.13. The number of rotatable bonds is 6. The van der Waals surface area contributed by atoms with Gasteiger partial charge in [-0.3, -0.25) is 4.79 Å². The Kier molecular flexibility index (Phi) is 4.93. The molecule has 0 spiro atoms. The van der Waals surface area contributed by atoms with Gasteiger partial charge < -0.3 is 5.32 Å². The Hall–Kier alpha value is -0.950. The molecule has 2 rings (SSSR count). The van der Waals surface area contributed by atoms with E-state index in [1.165, 1.54) is 6.20 Å². The quantitative estimate of drug-likeness (QED) is 0.810. The maximum Gasteiger partial charge on any atom is 0.223 e. The van der Waals surface area contributed by atoms with Crippen molar-refractivity contribution in [2.45, 2.75) is 36.4 Å². The number of aromatic nitrogens is 1. The fourth-order valence-electron chi connectivity index (χ4n) is 2.26. The molecule has 1 aliphatic carbocycles. The Bertz CT molecular complexity index is 505. The van der Waals surface area contributed by atoms with Crippen LogP contribution < -0.4 is 5.32 Å². The van der Waals surface area contributed by atoms with Crippen LogP contribution in [0.1, 0.15) is 32.1 Å². The van der Waals surface area contributed by atoms with E-state index >= 15 is 0 Å². The highest BCUT2D eigenvalue weighted by molar-refractivity contribution is 7.93. The predicted octanol–water partition coefficient (Wildman–Crippen LogP) is 1.61. The number of carbonyl (C=O) groups is 1. The third-order valence-electron chi connectivity index (χ3n) is 3.29. The van der Waals surface area contributed by atoms with Gasteiger partial charge in [-0.15, -0.1) is 11.3 Å². The van der Waals surface area contributed by atoms with E-state index in [1.807, 2.05) is 0 Å². The van der Waals surface area contributed by atoms with Gasteiger partial charge in [0, 0.05) is 24.0 Å². The van der Waals surface area contributed by atoms with Crippen molar-refractivity contribution in [3.63, 3.8) is 0 Å². The van der Waals surface area contributed by atoms with Crippen molar-refractivity contribution in [2.24, 2.45) is 5.92 Å². The molecule has 1 saturated carbocycles. The van der Waals surface area contributed by atoms with Gasteiger partial charge in [0.15, 0.2) is 0 Å². The Morgan fingerprint density at radius 1 is 1.42 bits per heavy atom. The van der Waals surface area contributed by atoms with Crippen molar-refractivity contribution >= 4 is 27.1 Å². The molecule has 5 nitrogen and oxygen atoms in total. The molecule has 0 aromatic carbocycles. The molecular formula is C12H18N2O3S2. The van der Waals surface area contributed by atoms with Gasteiger partial charge in [0.1, 0.15) is 0 Å². The highest BCUT2D eigenvalue weighted by Crippen LogP contribution is 2.24. The van der Waals surface area contributed by atoms with Crippen LogP contribution in [0.25, 0.3) is 0 Å². The minimum absolute atomic E-state index is 0.0332. The zero-order valence-electron chi connectivity index (χ0n) is 10.7. The van der Waals surface area contributed by atoms with Crippen molar-refractivity contribution in [3.05, 3.63) is 11.6 Å². The molecule has 19 heavy (non-hydrogen) atoms. The zero-order valence-corrected chi connectivity index (χ0v) is 12.3. The molecule has 106 valence electrons. The van der Waals surface area contributed by atoms with Gasteiger partial charge in [-0.1, -0.05) is 12.8 Å². The van der Waals surface area contributed by atoms with Gasteiger partial charge >= 0.3 is 0 Å². The summed E-state index contributed by atoms with van der Waals surface area (Å²) < 4.78 is 23.8. The fourth-order valence-corrected chi connectivity index (χ4v) is 4.54. The zero-order chi connectivity index (χ0) is 13.7. The summed E-state index contributed by atoms with van der Waals surface area (Å²) in [4.78, 5) is 15.5. The fraction of sp³-hybridized carbons (Fsp3) is 0.667. The van der Waals surface area contributed by atoms with Crippen LogP contribution in [-0.2, 0) is 14.6 Å². The van der Waals surface area contributed by atoms with Crippen LogP contribution in [-0.4, -0.2) is 31.6 Å². The Labute approximate surface area is 117 Å². The van der Waals surface area contributed by atoms with Gasteiger partial charge in [0.05, 0.1) is 5.75 Å². The van der Waals surface area contributed by atoms with Crippen LogP contribution in [0.3, 0.4) is 0 Å². The lowest BCUT2D eigenvalue weighted by atomic mass is 10.1. The van der Waals surface area contributed by atoms with E-state index < -0.39 is 9.84 Å². The predicted molar refractivity (Wildman–Crippen MR) is 73.8 cm³/mol. The van der Waals surface area contributed by atoms with Crippen LogP contribution in [0.5, 0.6) is 0 Å². The number of hydrogen-bond donors (Lipinski definition) is 1. The minimum atomic E-state index is -3.28. The number of sulfone groups is 1. The summed E-state index contributed by atoms with van der Waals surface area (Å²) in [6.45, 7) is 0.417. The maximum absolute atomic E-state index is 11.8. The van der Waals surface area contributed by atoms with E-state index in [-0.39, 0.29) is 21.9 Å². The van der Waals surface area contributed by atoms with Crippen molar-refractivity contribution in [1.82, 2.24) is 10.3 Å². The summed E-state index contributed by atoms with van der Waals surface area (Å²) in [6.07, 6.45) is 6.08. The molecule has 1 aliphatic rings.